The third-order valence-corrected chi connectivity index (χ3v) is 12.4. The molecule has 5 aliphatic carbocycles. The summed E-state index contributed by atoms with van der Waals surface area (Å²) in [5.41, 5.74) is 0.101. The smallest absolute Gasteiger partial charge is 0.165 e. The molecule has 5 nitrogen and oxygen atoms in total. The van der Waals surface area contributed by atoms with Crippen molar-refractivity contribution in [1.29, 1.82) is 0 Å². The molecule has 2 N–H and O–H groups in total. The summed E-state index contributed by atoms with van der Waals surface area (Å²) in [5, 5.41) is 25.4. The van der Waals surface area contributed by atoms with Gasteiger partial charge in [-0.3, -0.25) is 4.90 Å². The molecule has 7 atom stereocenters. The van der Waals surface area contributed by atoms with Gasteiger partial charge in [0.15, 0.2) is 11.5 Å². The average Bonchev–Trinajstić information content (AvgIpc) is 3.53. The number of aliphatic hydroxyl groups is 1. The lowest BCUT2D eigenvalue weighted by Gasteiger charge is -2.75. The Balaban J connectivity index is 1.30. The molecule has 3 heterocycles. The molecular weight excluding hydrogens is 482 g/mol. The lowest BCUT2D eigenvalue weighted by Crippen LogP contribution is -2.82. The molecule has 2 spiro atoms. The number of nitrogens with zero attached hydrogens (tertiary/aromatic N) is 1. The number of piperidine rings is 1. The van der Waals surface area contributed by atoms with Crippen LogP contribution >= 0.6 is 11.3 Å². The highest BCUT2D eigenvalue weighted by Gasteiger charge is 2.81. The number of fused-ring (bicyclic) bond motifs is 2. The van der Waals surface area contributed by atoms with E-state index in [4.69, 9.17) is 9.47 Å². The summed E-state index contributed by atoms with van der Waals surface area (Å²) in [4.78, 5) is 3.50. The third-order valence-electron chi connectivity index (χ3n) is 11.5. The predicted molar refractivity (Wildman–Crippen MR) is 143 cm³/mol. The second-order valence-electron chi connectivity index (χ2n) is 13.0. The SMILES string of the molecule is [2H]C([2H])(C1CC1)N1CC[C@]23c4c5ccc(O)c4O[C@H]2[C@@]2(OC)CC[C@@]3(C[C@@H]2[C@@](C)(O)CCc2cccs2)[C@H]1C5. The zero-order valence-corrected chi connectivity index (χ0v) is 22.7. The van der Waals surface area contributed by atoms with E-state index in [-0.39, 0.29) is 40.6 Å². The molecule has 4 saturated carbocycles. The quantitative estimate of drug-likeness (QED) is 0.531. The molecule has 1 aromatic heterocycles. The molecule has 2 aliphatic heterocycles. The Bertz CT molecular complexity index is 1330. The van der Waals surface area contributed by atoms with Gasteiger partial charge in [-0.25, -0.2) is 0 Å². The minimum absolute atomic E-state index is 0.0293. The van der Waals surface area contributed by atoms with Crippen molar-refractivity contribution < 1.29 is 22.4 Å². The van der Waals surface area contributed by atoms with Crippen LogP contribution in [0.2, 0.25) is 0 Å². The molecule has 37 heavy (non-hydrogen) atoms. The number of phenolic OH excluding ortho intramolecular Hbond substituents is 1. The van der Waals surface area contributed by atoms with E-state index >= 15 is 0 Å². The first-order valence-electron chi connectivity index (χ1n) is 15.2. The first kappa shape index (κ1) is 21.2. The van der Waals surface area contributed by atoms with Crippen molar-refractivity contribution in [2.75, 3.05) is 20.2 Å². The molecule has 0 radical (unpaired) electrons. The van der Waals surface area contributed by atoms with Crippen LogP contribution in [0.3, 0.4) is 0 Å². The first-order valence-corrected chi connectivity index (χ1v) is 15.1. The van der Waals surface area contributed by atoms with E-state index in [1.165, 1.54) is 10.4 Å². The summed E-state index contributed by atoms with van der Waals surface area (Å²) >= 11 is 1.73. The number of aryl methyl sites for hydroxylation is 1. The summed E-state index contributed by atoms with van der Waals surface area (Å²) in [6.07, 6.45) is 7.10. The van der Waals surface area contributed by atoms with E-state index in [0.29, 0.717) is 18.7 Å². The van der Waals surface area contributed by atoms with Gasteiger partial charge in [0.25, 0.3) is 0 Å². The van der Waals surface area contributed by atoms with Crippen LogP contribution in [0.4, 0.5) is 0 Å². The van der Waals surface area contributed by atoms with Crippen molar-refractivity contribution in [3.8, 4) is 11.5 Å². The zero-order chi connectivity index (χ0) is 27.0. The van der Waals surface area contributed by atoms with E-state index in [0.717, 1.165) is 56.9 Å². The summed E-state index contributed by atoms with van der Waals surface area (Å²) in [5.74, 6) is 0.745. The molecule has 7 aliphatic rings. The van der Waals surface area contributed by atoms with Crippen LogP contribution in [-0.2, 0) is 23.0 Å². The largest absolute Gasteiger partial charge is 0.504 e. The number of thiophene rings is 1. The minimum Gasteiger partial charge on any atom is -0.504 e. The number of hydrogen-bond donors (Lipinski definition) is 2. The molecule has 198 valence electrons. The minimum atomic E-state index is -1.34. The van der Waals surface area contributed by atoms with Crippen LogP contribution in [-0.4, -0.2) is 58.6 Å². The highest BCUT2D eigenvalue weighted by molar-refractivity contribution is 7.09. The average molecular weight is 524 g/mol. The van der Waals surface area contributed by atoms with Crippen LogP contribution in [0.5, 0.6) is 11.5 Å². The fourth-order valence-electron chi connectivity index (χ4n) is 9.79. The molecule has 6 heteroatoms. The van der Waals surface area contributed by atoms with E-state index in [9.17, 15) is 13.0 Å². The topological polar surface area (TPSA) is 62.2 Å². The van der Waals surface area contributed by atoms with Gasteiger partial charge in [-0.05, 0) is 100 Å². The summed E-state index contributed by atoms with van der Waals surface area (Å²) < 4.78 is 32.0. The van der Waals surface area contributed by atoms with Crippen molar-refractivity contribution in [2.45, 2.75) is 93.5 Å². The number of phenols is 1. The number of methoxy groups -OCH3 is 1. The maximum Gasteiger partial charge on any atom is 0.165 e. The summed E-state index contributed by atoms with van der Waals surface area (Å²) in [6.45, 7) is 1.34. The van der Waals surface area contributed by atoms with E-state index < -0.39 is 17.7 Å². The molecule has 1 saturated heterocycles. The normalized spacial score (nSPS) is 42.0. The molecule has 2 aromatic rings. The zero-order valence-electron chi connectivity index (χ0n) is 23.8. The molecule has 5 fully saturated rings. The fraction of sp³-hybridized carbons (Fsp3) is 0.677. The molecule has 0 unspecified atom stereocenters. The van der Waals surface area contributed by atoms with Crippen LogP contribution in [0.25, 0.3) is 0 Å². The first-order chi connectivity index (χ1) is 18.6. The van der Waals surface area contributed by atoms with Gasteiger partial charge < -0.3 is 19.7 Å². The Morgan fingerprint density at radius 3 is 2.89 bits per heavy atom. The number of aromatic hydroxyl groups is 1. The fourth-order valence-corrected chi connectivity index (χ4v) is 10.5. The second kappa shape index (κ2) is 7.53. The van der Waals surface area contributed by atoms with E-state index in [1.54, 1.807) is 24.5 Å². The van der Waals surface area contributed by atoms with Gasteiger partial charge in [-0.1, -0.05) is 12.1 Å². The second-order valence-corrected chi connectivity index (χ2v) is 14.0. The Morgan fingerprint density at radius 1 is 1.27 bits per heavy atom. The molecule has 1 aromatic carbocycles. The highest BCUT2D eigenvalue weighted by Crippen LogP contribution is 2.77. The van der Waals surface area contributed by atoms with Gasteiger partial charge >= 0.3 is 0 Å². The summed E-state index contributed by atoms with van der Waals surface area (Å²) in [7, 11) is 1.78. The lowest BCUT2D eigenvalue weighted by molar-refractivity contribution is -0.302. The number of hydrogen-bond acceptors (Lipinski definition) is 6. The highest BCUT2D eigenvalue weighted by atomic mass is 32.1. The van der Waals surface area contributed by atoms with Crippen molar-refractivity contribution >= 4 is 11.3 Å². The van der Waals surface area contributed by atoms with Gasteiger partial charge in [0.2, 0.25) is 0 Å². The van der Waals surface area contributed by atoms with Gasteiger partial charge in [-0.2, -0.15) is 0 Å². The van der Waals surface area contributed by atoms with Crippen molar-refractivity contribution in [1.82, 2.24) is 4.90 Å². The number of ether oxygens (including phenoxy) is 2. The molecular formula is C31H39NO4S. The third kappa shape index (κ3) is 2.81. The van der Waals surface area contributed by atoms with Crippen LogP contribution in [0.15, 0.2) is 29.6 Å². The summed E-state index contributed by atoms with van der Waals surface area (Å²) in [6, 6.07) is 8.04. The van der Waals surface area contributed by atoms with Crippen LogP contribution < -0.4 is 4.74 Å². The predicted octanol–water partition coefficient (Wildman–Crippen LogP) is 5.06. The van der Waals surface area contributed by atoms with E-state index in [2.05, 4.69) is 22.4 Å². The maximum atomic E-state index is 12.3. The van der Waals surface area contributed by atoms with Crippen LogP contribution in [0.1, 0.15) is 70.6 Å². The lowest BCUT2D eigenvalue weighted by atomic mass is 9.33. The number of benzene rings is 1. The standard InChI is InChI=1S/C31H39NO4S/c1-28(34,10-9-21-4-3-15-37-21)23-17-29-11-12-31(23,35-2)27-30(29)13-14-32(18-19-5-6-19)24(29)16-20-7-8-22(33)26(36-27)25(20)30/h3-4,7-8,15,19,23-24,27,33-34H,5-6,9-14,16-18H2,1-2H3/t23-,24-,27-,28+,29-,30+,31-/m1/s1/i18D2. The Labute approximate surface area is 226 Å². The number of rotatable bonds is 7. The van der Waals surface area contributed by atoms with Gasteiger partial charge in [-0.15, -0.1) is 11.3 Å². The Hall–Kier alpha value is -1.60. The van der Waals surface area contributed by atoms with Crippen molar-refractivity contribution in [3.63, 3.8) is 0 Å². The maximum absolute atomic E-state index is 12.3. The van der Waals surface area contributed by atoms with Gasteiger partial charge in [0.1, 0.15) is 11.7 Å². The van der Waals surface area contributed by atoms with Crippen molar-refractivity contribution in [2.24, 2.45) is 17.3 Å². The van der Waals surface area contributed by atoms with Gasteiger partial charge in [0.05, 0.1) is 5.60 Å². The molecule has 9 rings (SSSR count). The van der Waals surface area contributed by atoms with Gasteiger partial charge in [0, 0.05) is 49.6 Å². The Kier molecular flexibility index (Phi) is 4.32. The molecule has 0 amide bonds. The molecule has 4 bridgehead atoms. The van der Waals surface area contributed by atoms with Crippen LogP contribution in [0, 0.1) is 17.3 Å². The number of likely N-dealkylation sites (tertiary alicyclic amines) is 1. The monoisotopic (exact) mass is 523 g/mol. The Morgan fingerprint density at radius 2 is 2.14 bits per heavy atom. The van der Waals surface area contributed by atoms with E-state index in [1.807, 2.05) is 13.0 Å². The van der Waals surface area contributed by atoms with Crippen molar-refractivity contribution in [3.05, 3.63) is 45.6 Å².